The SMILES string of the molecule is C.C.C1CO1.C=C. The number of epoxide rings is 1. The van der Waals surface area contributed by atoms with Gasteiger partial charge in [-0.2, -0.15) is 0 Å². The van der Waals surface area contributed by atoms with Crippen LogP contribution < -0.4 is 0 Å². The van der Waals surface area contributed by atoms with Gasteiger partial charge in [0.15, 0.2) is 0 Å². The standard InChI is InChI=1S/C2H4O.C2H4.2CH4/c1-2-3-1;1-2;;/h1-2H2;1-2H2;2*1H4. The molecule has 0 radical (unpaired) electrons. The lowest BCUT2D eigenvalue weighted by Gasteiger charge is -1.24. The first-order chi connectivity index (χ1) is 2.50. The van der Waals surface area contributed by atoms with Crippen molar-refractivity contribution >= 4 is 0 Å². The summed E-state index contributed by atoms with van der Waals surface area (Å²) in [4.78, 5) is 0. The largest absolute Gasteiger partial charge is 0.377 e. The van der Waals surface area contributed by atoms with Gasteiger partial charge in [-0.1, -0.05) is 14.9 Å². The molecule has 0 saturated carbocycles. The Morgan fingerprint density at radius 2 is 1.14 bits per heavy atom. The molecule has 0 aromatic rings. The van der Waals surface area contributed by atoms with E-state index in [1.807, 2.05) is 0 Å². The molecule has 0 spiro atoms. The van der Waals surface area contributed by atoms with Gasteiger partial charge in [-0.3, -0.25) is 0 Å². The van der Waals surface area contributed by atoms with Gasteiger partial charge in [-0.05, 0) is 0 Å². The van der Waals surface area contributed by atoms with Crippen molar-refractivity contribution in [1.29, 1.82) is 0 Å². The summed E-state index contributed by atoms with van der Waals surface area (Å²) in [6, 6.07) is 0. The Bertz CT molecular complexity index is 15.4. The van der Waals surface area contributed by atoms with Crippen molar-refractivity contribution in [1.82, 2.24) is 0 Å². The summed E-state index contributed by atoms with van der Waals surface area (Å²) in [5.41, 5.74) is 0. The minimum Gasteiger partial charge on any atom is -0.377 e. The highest BCUT2D eigenvalue weighted by molar-refractivity contribution is 4.36. The van der Waals surface area contributed by atoms with Crippen LogP contribution in [0.15, 0.2) is 13.2 Å². The normalized spacial score (nSPS) is 10.9. The third kappa shape index (κ3) is 159. The summed E-state index contributed by atoms with van der Waals surface area (Å²) >= 11 is 0. The fourth-order valence-electron chi connectivity index (χ4n) is 0. The predicted octanol–water partition coefficient (Wildman–Crippen LogP) is 2.09. The predicted molar refractivity (Wildman–Crippen MR) is 35.5 cm³/mol. The molecule has 0 unspecified atom stereocenters. The van der Waals surface area contributed by atoms with Gasteiger partial charge in [0.25, 0.3) is 0 Å². The second-order valence-electron chi connectivity index (χ2n) is 0.612. The van der Waals surface area contributed by atoms with Crippen molar-refractivity contribution in [3.8, 4) is 0 Å². The molecule has 7 heavy (non-hydrogen) atoms. The van der Waals surface area contributed by atoms with E-state index in [0.29, 0.717) is 0 Å². The van der Waals surface area contributed by atoms with Crippen molar-refractivity contribution in [3.05, 3.63) is 13.2 Å². The average molecular weight is 104 g/mol. The van der Waals surface area contributed by atoms with E-state index in [-0.39, 0.29) is 14.9 Å². The van der Waals surface area contributed by atoms with Crippen molar-refractivity contribution < 1.29 is 4.74 Å². The van der Waals surface area contributed by atoms with Crippen molar-refractivity contribution in [2.45, 2.75) is 14.9 Å². The van der Waals surface area contributed by atoms with Crippen LogP contribution >= 0.6 is 0 Å². The zero-order valence-corrected chi connectivity index (χ0v) is 3.24. The Kier molecular flexibility index (Phi) is 39.2. The summed E-state index contributed by atoms with van der Waals surface area (Å²) in [6.45, 7) is 8.00. The molecule has 1 saturated heterocycles. The highest BCUT2D eigenvalue weighted by Gasteiger charge is 1.94. The monoisotopic (exact) mass is 104 g/mol. The van der Waals surface area contributed by atoms with Crippen LogP contribution in [0.25, 0.3) is 0 Å². The Labute approximate surface area is 47.0 Å². The molecule has 0 N–H and O–H groups in total. The minimum absolute atomic E-state index is 0. The van der Waals surface area contributed by atoms with E-state index < -0.39 is 0 Å². The molecule has 0 aliphatic carbocycles. The van der Waals surface area contributed by atoms with Gasteiger partial charge in [0.1, 0.15) is 0 Å². The van der Waals surface area contributed by atoms with Gasteiger partial charge in [0.2, 0.25) is 0 Å². The topological polar surface area (TPSA) is 12.5 Å². The van der Waals surface area contributed by atoms with Gasteiger partial charge in [0.05, 0.1) is 13.2 Å². The van der Waals surface area contributed by atoms with E-state index >= 15 is 0 Å². The van der Waals surface area contributed by atoms with Crippen LogP contribution in [-0.2, 0) is 4.74 Å². The molecule has 1 fully saturated rings. The Morgan fingerprint density at radius 1 is 1.00 bits per heavy atom. The summed E-state index contributed by atoms with van der Waals surface area (Å²) in [6.07, 6.45) is 0. The first-order valence-corrected chi connectivity index (χ1v) is 1.58. The van der Waals surface area contributed by atoms with Crippen LogP contribution in [0.1, 0.15) is 14.9 Å². The van der Waals surface area contributed by atoms with Crippen LogP contribution in [0.4, 0.5) is 0 Å². The third-order valence-corrected chi connectivity index (χ3v) is 0.204. The van der Waals surface area contributed by atoms with Crippen molar-refractivity contribution in [2.75, 3.05) is 13.2 Å². The maximum absolute atomic E-state index is 4.50. The Morgan fingerprint density at radius 3 is 1.14 bits per heavy atom. The molecule has 1 aliphatic rings. The molecule has 0 aromatic heterocycles. The molecule has 1 heterocycles. The quantitative estimate of drug-likeness (QED) is 0.338. The minimum atomic E-state index is 0. The van der Waals surface area contributed by atoms with E-state index in [9.17, 15) is 0 Å². The van der Waals surface area contributed by atoms with Gasteiger partial charge in [-0.15, -0.1) is 13.2 Å². The summed E-state index contributed by atoms with van der Waals surface area (Å²) in [5.74, 6) is 0. The van der Waals surface area contributed by atoms with E-state index in [2.05, 4.69) is 17.9 Å². The smallest absolute Gasteiger partial charge is 0.0701 e. The van der Waals surface area contributed by atoms with Gasteiger partial charge in [0, 0.05) is 0 Å². The highest BCUT2D eigenvalue weighted by Crippen LogP contribution is 1.84. The molecule has 0 bridgehead atoms. The first kappa shape index (κ1) is 15.9. The van der Waals surface area contributed by atoms with Gasteiger partial charge in [-0.25, -0.2) is 0 Å². The molecule has 1 aliphatic heterocycles. The summed E-state index contributed by atoms with van der Waals surface area (Å²) in [7, 11) is 0. The number of ether oxygens (including phenoxy) is 1. The highest BCUT2D eigenvalue weighted by atomic mass is 16.6. The van der Waals surface area contributed by atoms with E-state index in [1.54, 1.807) is 0 Å². The molecule has 0 amide bonds. The van der Waals surface area contributed by atoms with Crippen LogP contribution in [0.5, 0.6) is 0 Å². The molecule has 1 heteroatoms. The fourth-order valence-corrected chi connectivity index (χ4v) is 0. The van der Waals surface area contributed by atoms with Crippen LogP contribution in [0.3, 0.4) is 0 Å². The molecule has 0 atom stereocenters. The summed E-state index contributed by atoms with van der Waals surface area (Å²) < 4.78 is 4.50. The second kappa shape index (κ2) is 17.3. The molecule has 1 rings (SSSR count). The fraction of sp³-hybridized carbons (Fsp3) is 0.667. The lowest BCUT2D eigenvalue weighted by Crippen LogP contribution is -1.20. The van der Waals surface area contributed by atoms with Crippen LogP contribution in [-0.4, -0.2) is 13.2 Å². The van der Waals surface area contributed by atoms with Crippen LogP contribution in [0, 0.1) is 0 Å². The Balaban J connectivity index is -0.0000000380. The van der Waals surface area contributed by atoms with E-state index in [4.69, 9.17) is 0 Å². The number of hydrogen-bond acceptors (Lipinski definition) is 1. The third-order valence-electron chi connectivity index (χ3n) is 0.204. The zero-order valence-electron chi connectivity index (χ0n) is 3.24. The zero-order chi connectivity index (χ0) is 4.12. The molecule has 0 aromatic carbocycles. The number of hydrogen-bond donors (Lipinski definition) is 0. The van der Waals surface area contributed by atoms with Crippen LogP contribution in [0.2, 0.25) is 0 Å². The summed E-state index contributed by atoms with van der Waals surface area (Å²) in [5, 5.41) is 0. The van der Waals surface area contributed by atoms with Crippen molar-refractivity contribution in [2.24, 2.45) is 0 Å². The van der Waals surface area contributed by atoms with Crippen molar-refractivity contribution in [3.63, 3.8) is 0 Å². The van der Waals surface area contributed by atoms with Gasteiger partial charge >= 0.3 is 0 Å². The average Bonchev–Trinajstić information content (AvgIpc) is 2.19. The maximum atomic E-state index is 4.50. The lowest BCUT2D eigenvalue weighted by atomic mass is 11.0. The Hall–Kier alpha value is -0.300. The first-order valence-electron chi connectivity index (χ1n) is 1.58. The van der Waals surface area contributed by atoms with E-state index in [0.717, 1.165) is 13.2 Å². The molecular formula is C6H16O. The molecule has 46 valence electrons. The lowest BCUT2D eigenvalue weighted by molar-refractivity contribution is 0.475. The molecule has 1 nitrogen and oxygen atoms in total. The second-order valence-corrected chi connectivity index (χ2v) is 0.612. The van der Waals surface area contributed by atoms with Gasteiger partial charge < -0.3 is 4.74 Å². The molecular weight excluding hydrogens is 88.1 g/mol. The van der Waals surface area contributed by atoms with E-state index in [1.165, 1.54) is 0 Å². The maximum Gasteiger partial charge on any atom is 0.0701 e. The number of rotatable bonds is 0.